The molecule has 0 aromatic carbocycles. The number of nitrogens with zero attached hydrogens (tertiary/aromatic N) is 2. The molecule has 3 N–H and O–H groups in total. The third kappa shape index (κ3) is 2.34. The lowest BCUT2D eigenvalue weighted by Gasteiger charge is -2.08. The van der Waals surface area contributed by atoms with Gasteiger partial charge in [0.2, 0.25) is 5.91 Å². The Hall–Kier alpha value is -1.85. The van der Waals surface area contributed by atoms with Crippen molar-refractivity contribution in [3.05, 3.63) is 11.8 Å². The number of aryl methyl sites for hydroxylation is 1. The van der Waals surface area contributed by atoms with Gasteiger partial charge in [-0.15, -0.1) is 0 Å². The number of nitrogens with two attached hydrogens (primary N) is 1. The number of rotatable bonds is 3. The summed E-state index contributed by atoms with van der Waals surface area (Å²) in [6.07, 6.45) is 1.33. The fourth-order valence-electron chi connectivity index (χ4n) is 1.03. The Morgan fingerprint density at radius 1 is 1.53 bits per heavy atom. The average Bonchev–Trinajstić information content (AvgIpc) is 2.48. The van der Waals surface area contributed by atoms with Gasteiger partial charge in [-0.05, 0) is 0 Å². The molecule has 6 nitrogen and oxygen atoms in total. The van der Waals surface area contributed by atoms with Gasteiger partial charge < -0.3 is 11.1 Å². The maximum Gasteiger partial charge on any atom is 0.254 e. The first-order valence-corrected chi connectivity index (χ1v) is 4.56. The van der Waals surface area contributed by atoms with E-state index in [0.717, 1.165) is 0 Å². The Bertz CT molecular complexity index is 395. The monoisotopic (exact) mass is 210 g/mol. The number of carbonyl (C=O) groups is 2. The van der Waals surface area contributed by atoms with E-state index in [1.807, 2.05) is 0 Å². The van der Waals surface area contributed by atoms with Crippen LogP contribution >= 0.6 is 0 Å². The molecular formula is C9H14N4O2. The topological polar surface area (TPSA) is 90.0 Å². The van der Waals surface area contributed by atoms with Crippen LogP contribution < -0.4 is 11.1 Å². The number of nitrogens with one attached hydrogen (secondary N) is 1. The van der Waals surface area contributed by atoms with Crippen molar-refractivity contribution in [3.63, 3.8) is 0 Å². The van der Waals surface area contributed by atoms with Gasteiger partial charge >= 0.3 is 0 Å². The number of aromatic nitrogens is 2. The van der Waals surface area contributed by atoms with Gasteiger partial charge in [-0.1, -0.05) is 13.8 Å². The van der Waals surface area contributed by atoms with Crippen molar-refractivity contribution in [2.45, 2.75) is 13.8 Å². The van der Waals surface area contributed by atoms with Crippen molar-refractivity contribution in [1.29, 1.82) is 0 Å². The maximum atomic E-state index is 11.4. The highest BCUT2D eigenvalue weighted by Crippen LogP contribution is 2.14. The standard InChI is InChI=1S/C9H14N4O2/c1-5(2)9(15)12-8-6(7(10)14)4-11-13(8)3/h4-5H,1-3H3,(H2,10,14)(H,12,15). The van der Waals surface area contributed by atoms with Crippen LogP contribution in [0, 0.1) is 5.92 Å². The van der Waals surface area contributed by atoms with Gasteiger partial charge in [-0.3, -0.25) is 14.3 Å². The van der Waals surface area contributed by atoms with Gasteiger partial charge in [0.15, 0.2) is 0 Å². The van der Waals surface area contributed by atoms with Crippen LogP contribution in [0.5, 0.6) is 0 Å². The molecule has 0 fully saturated rings. The van der Waals surface area contributed by atoms with Gasteiger partial charge in [-0.2, -0.15) is 5.10 Å². The molecule has 0 aliphatic rings. The first-order valence-electron chi connectivity index (χ1n) is 4.56. The molecule has 82 valence electrons. The maximum absolute atomic E-state index is 11.4. The summed E-state index contributed by atoms with van der Waals surface area (Å²) in [5.74, 6) is -0.620. The zero-order valence-corrected chi connectivity index (χ0v) is 8.94. The zero-order valence-electron chi connectivity index (χ0n) is 8.94. The molecule has 1 aromatic heterocycles. The van der Waals surface area contributed by atoms with Gasteiger partial charge in [0, 0.05) is 13.0 Å². The van der Waals surface area contributed by atoms with E-state index >= 15 is 0 Å². The molecular weight excluding hydrogens is 196 g/mol. The molecule has 1 aromatic rings. The van der Waals surface area contributed by atoms with Crippen LogP contribution in [0.1, 0.15) is 24.2 Å². The molecule has 1 heterocycles. The molecule has 0 saturated carbocycles. The number of carbonyl (C=O) groups excluding carboxylic acids is 2. The molecule has 6 heteroatoms. The second-order valence-electron chi connectivity index (χ2n) is 3.54. The molecule has 0 aliphatic heterocycles. The predicted molar refractivity (Wildman–Crippen MR) is 55.2 cm³/mol. The Labute approximate surface area is 87.4 Å². The first kappa shape index (κ1) is 11.2. The number of hydrogen-bond acceptors (Lipinski definition) is 3. The molecule has 0 bridgehead atoms. The Morgan fingerprint density at radius 2 is 2.13 bits per heavy atom. The third-order valence-corrected chi connectivity index (χ3v) is 1.97. The highest BCUT2D eigenvalue weighted by Gasteiger charge is 2.16. The molecule has 0 saturated heterocycles. The highest BCUT2D eigenvalue weighted by atomic mass is 16.2. The SMILES string of the molecule is CC(C)C(=O)Nc1c(C(N)=O)cnn1C. The van der Waals surface area contributed by atoms with Crippen molar-refractivity contribution in [3.8, 4) is 0 Å². The highest BCUT2D eigenvalue weighted by molar-refractivity contribution is 6.02. The van der Waals surface area contributed by atoms with E-state index in [1.165, 1.54) is 10.9 Å². The number of amides is 2. The van der Waals surface area contributed by atoms with Crippen LogP contribution in [0.3, 0.4) is 0 Å². The van der Waals surface area contributed by atoms with Crippen LogP contribution in [0.15, 0.2) is 6.20 Å². The number of hydrogen-bond donors (Lipinski definition) is 2. The number of primary amides is 1. The van der Waals surface area contributed by atoms with Crippen LogP contribution in [0.4, 0.5) is 5.82 Å². The normalized spacial score (nSPS) is 10.4. The van der Waals surface area contributed by atoms with Crippen LogP contribution in [0.2, 0.25) is 0 Å². The predicted octanol–water partition coefficient (Wildman–Crippen LogP) is 0.113. The van der Waals surface area contributed by atoms with E-state index in [-0.39, 0.29) is 17.4 Å². The summed E-state index contributed by atoms with van der Waals surface area (Å²) in [5.41, 5.74) is 5.35. The summed E-state index contributed by atoms with van der Waals surface area (Å²) in [7, 11) is 1.63. The summed E-state index contributed by atoms with van der Waals surface area (Å²) in [6, 6.07) is 0. The lowest BCUT2D eigenvalue weighted by atomic mass is 10.2. The molecule has 1 rings (SSSR count). The summed E-state index contributed by atoms with van der Waals surface area (Å²) in [4.78, 5) is 22.4. The number of anilines is 1. The van der Waals surface area contributed by atoms with Crippen LogP contribution in [-0.2, 0) is 11.8 Å². The van der Waals surface area contributed by atoms with E-state index in [0.29, 0.717) is 5.82 Å². The second-order valence-corrected chi connectivity index (χ2v) is 3.54. The van der Waals surface area contributed by atoms with Gasteiger partial charge in [-0.25, -0.2) is 0 Å². The molecule has 0 unspecified atom stereocenters. The summed E-state index contributed by atoms with van der Waals surface area (Å²) < 4.78 is 1.40. The van der Waals surface area contributed by atoms with E-state index in [2.05, 4.69) is 10.4 Å². The van der Waals surface area contributed by atoms with Crippen molar-refractivity contribution in [2.24, 2.45) is 18.7 Å². The van der Waals surface area contributed by atoms with Gasteiger partial charge in [0.25, 0.3) is 5.91 Å². The van der Waals surface area contributed by atoms with Crippen molar-refractivity contribution in [2.75, 3.05) is 5.32 Å². The van der Waals surface area contributed by atoms with E-state index in [4.69, 9.17) is 5.73 Å². The van der Waals surface area contributed by atoms with E-state index in [9.17, 15) is 9.59 Å². The van der Waals surface area contributed by atoms with E-state index < -0.39 is 5.91 Å². The lowest BCUT2D eigenvalue weighted by Crippen LogP contribution is -2.22. The fraction of sp³-hybridized carbons (Fsp3) is 0.444. The van der Waals surface area contributed by atoms with Gasteiger partial charge in [0.05, 0.1) is 6.20 Å². The summed E-state index contributed by atoms with van der Waals surface area (Å²) >= 11 is 0. The smallest absolute Gasteiger partial charge is 0.254 e. The molecule has 0 atom stereocenters. The van der Waals surface area contributed by atoms with Crippen LogP contribution in [0.25, 0.3) is 0 Å². The Morgan fingerprint density at radius 3 is 2.60 bits per heavy atom. The summed E-state index contributed by atoms with van der Waals surface area (Å²) in [5, 5.41) is 6.45. The zero-order chi connectivity index (χ0) is 11.6. The molecule has 0 radical (unpaired) electrons. The largest absolute Gasteiger partial charge is 0.365 e. The lowest BCUT2D eigenvalue weighted by molar-refractivity contribution is -0.118. The minimum atomic E-state index is -0.609. The summed E-state index contributed by atoms with van der Waals surface area (Å²) in [6.45, 7) is 3.52. The Balaban J connectivity index is 2.98. The van der Waals surface area contributed by atoms with Crippen molar-refractivity contribution < 1.29 is 9.59 Å². The first-order chi connectivity index (χ1) is 6.93. The van der Waals surface area contributed by atoms with Crippen LogP contribution in [-0.4, -0.2) is 21.6 Å². The molecule has 15 heavy (non-hydrogen) atoms. The quantitative estimate of drug-likeness (QED) is 0.742. The minimum Gasteiger partial charge on any atom is -0.365 e. The second kappa shape index (κ2) is 4.12. The van der Waals surface area contributed by atoms with Gasteiger partial charge in [0.1, 0.15) is 11.4 Å². The van der Waals surface area contributed by atoms with Crippen molar-refractivity contribution in [1.82, 2.24) is 9.78 Å². The Kier molecular flexibility index (Phi) is 3.08. The molecule has 0 aliphatic carbocycles. The minimum absolute atomic E-state index is 0.166. The molecule has 0 spiro atoms. The molecule has 2 amide bonds. The van der Waals surface area contributed by atoms with Crippen molar-refractivity contribution >= 4 is 17.6 Å². The fourth-order valence-corrected chi connectivity index (χ4v) is 1.03. The van der Waals surface area contributed by atoms with E-state index in [1.54, 1.807) is 20.9 Å². The third-order valence-electron chi connectivity index (χ3n) is 1.97. The average molecular weight is 210 g/mol.